The molecule has 21 heavy (non-hydrogen) atoms. The summed E-state index contributed by atoms with van der Waals surface area (Å²) in [5.74, 6) is -0.344. The lowest BCUT2D eigenvalue weighted by Gasteiger charge is -2.32. The van der Waals surface area contributed by atoms with Crippen molar-refractivity contribution >= 4 is 16.7 Å². The molecule has 9 heteroatoms. The van der Waals surface area contributed by atoms with Crippen molar-refractivity contribution in [1.82, 2.24) is 4.98 Å². The van der Waals surface area contributed by atoms with Gasteiger partial charge in [0.1, 0.15) is 5.82 Å². The molecule has 0 saturated carbocycles. The van der Waals surface area contributed by atoms with E-state index in [0.29, 0.717) is 0 Å². The van der Waals surface area contributed by atoms with Crippen LogP contribution < -0.4 is 5.73 Å². The van der Waals surface area contributed by atoms with E-state index in [2.05, 4.69) is 4.98 Å². The summed E-state index contributed by atoms with van der Waals surface area (Å²) in [4.78, 5) is 2.48. The zero-order valence-electron chi connectivity index (χ0n) is 10.3. The fourth-order valence-corrected chi connectivity index (χ4v) is 2.03. The molecule has 0 bridgehead atoms. The molecule has 0 radical (unpaired) electrons. The Morgan fingerprint density at radius 2 is 1.52 bits per heavy atom. The molecule has 0 aliphatic rings. The van der Waals surface area contributed by atoms with Gasteiger partial charge < -0.3 is 15.8 Å². The molecule has 4 N–H and O–H groups in total. The summed E-state index contributed by atoms with van der Waals surface area (Å²) in [6.45, 7) is 0. The highest BCUT2D eigenvalue weighted by Gasteiger charge is 2.70. The van der Waals surface area contributed by atoms with Gasteiger partial charge in [-0.3, -0.25) is 0 Å². The summed E-state index contributed by atoms with van der Waals surface area (Å²) in [6.07, 6.45) is -13.5. The fraction of sp³-hybridized carbons (Fsp3) is 0.333. The molecule has 0 fully saturated rings. The van der Waals surface area contributed by atoms with E-state index < -0.39 is 29.9 Å². The monoisotopic (exact) mass is 312 g/mol. The lowest BCUT2D eigenvalue weighted by atomic mass is 9.92. The third-order valence-corrected chi connectivity index (χ3v) is 3.22. The number of nitrogen functional groups attached to an aromatic ring is 1. The molecule has 0 unspecified atom stereocenters. The van der Waals surface area contributed by atoms with E-state index in [1.54, 1.807) is 6.07 Å². The topological polar surface area (TPSA) is 62.0 Å². The highest BCUT2D eigenvalue weighted by atomic mass is 19.4. The van der Waals surface area contributed by atoms with Gasteiger partial charge in [-0.05, 0) is 6.07 Å². The SMILES string of the molecule is Nc1[nH]c2ccccc2c1CC(O)(C(F)(F)F)C(F)(F)F. The average molecular weight is 312 g/mol. The number of H-pyrrole nitrogens is 1. The van der Waals surface area contributed by atoms with E-state index in [1.165, 1.54) is 18.2 Å². The summed E-state index contributed by atoms with van der Waals surface area (Å²) in [7, 11) is 0. The highest BCUT2D eigenvalue weighted by Crippen LogP contribution is 2.46. The maximum Gasteiger partial charge on any atom is 0.426 e. The number of aromatic nitrogens is 1. The first kappa shape index (κ1) is 15.5. The minimum absolute atomic E-state index is 0.0990. The predicted octanol–water partition coefficient (Wildman–Crippen LogP) is 3.15. The molecule has 1 aromatic heterocycles. The number of nitrogens with two attached hydrogens (primary N) is 1. The molecule has 3 nitrogen and oxygen atoms in total. The quantitative estimate of drug-likeness (QED) is 0.746. The van der Waals surface area contributed by atoms with Gasteiger partial charge in [0.05, 0.1) is 0 Å². The number of aliphatic hydroxyl groups is 1. The highest BCUT2D eigenvalue weighted by molar-refractivity contribution is 5.88. The van der Waals surface area contributed by atoms with Crippen LogP contribution in [0.4, 0.5) is 32.2 Å². The molecule has 116 valence electrons. The van der Waals surface area contributed by atoms with E-state index in [-0.39, 0.29) is 16.7 Å². The normalized spacial score (nSPS) is 13.9. The second-order valence-electron chi connectivity index (χ2n) is 4.60. The number of nitrogens with one attached hydrogen (secondary N) is 1. The molecular weight excluding hydrogens is 302 g/mol. The Bertz CT molecular complexity index is 644. The number of hydrogen-bond acceptors (Lipinski definition) is 2. The first-order valence-corrected chi connectivity index (χ1v) is 5.68. The number of fused-ring (bicyclic) bond motifs is 1. The van der Waals surface area contributed by atoms with Crippen LogP contribution in [-0.2, 0) is 6.42 Å². The van der Waals surface area contributed by atoms with E-state index >= 15 is 0 Å². The van der Waals surface area contributed by atoms with Gasteiger partial charge >= 0.3 is 12.4 Å². The lowest BCUT2D eigenvalue weighted by molar-refractivity contribution is -0.367. The molecule has 1 heterocycles. The maximum absolute atomic E-state index is 12.7. The molecule has 0 amide bonds. The average Bonchev–Trinajstić information content (AvgIpc) is 2.63. The van der Waals surface area contributed by atoms with Crippen molar-refractivity contribution in [1.29, 1.82) is 0 Å². The van der Waals surface area contributed by atoms with E-state index in [9.17, 15) is 31.4 Å². The standard InChI is InChI=1S/C12H10F6N2O/c13-11(14,15)10(21,12(16,17)18)5-7-6-3-1-2-4-8(6)20-9(7)19/h1-4,20-21H,5,19H2. The van der Waals surface area contributed by atoms with Gasteiger partial charge in [-0.25, -0.2) is 0 Å². The van der Waals surface area contributed by atoms with Crippen molar-refractivity contribution in [2.45, 2.75) is 24.4 Å². The second-order valence-corrected chi connectivity index (χ2v) is 4.60. The van der Waals surface area contributed by atoms with Crippen LogP contribution in [-0.4, -0.2) is 28.0 Å². The molecule has 0 aliphatic carbocycles. The summed E-state index contributed by atoms with van der Waals surface area (Å²) < 4.78 is 76.2. The number of hydrogen-bond donors (Lipinski definition) is 3. The van der Waals surface area contributed by atoms with Gasteiger partial charge in [0, 0.05) is 22.9 Å². The van der Waals surface area contributed by atoms with Crippen LogP contribution in [0.25, 0.3) is 10.9 Å². The van der Waals surface area contributed by atoms with E-state index in [4.69, 9.17) is 5.73 Å². The van der Waals surface area contributed by atoms with Gasteiger partial charge in [0.15, 0.2) is 0 Å². The molecule has 0 aliphatic heterocycles. The minimum Gasteiger partial charge on any atom is -0.385 e. The smallest absolute Gasteiger partial charge is 0.385 e. The number of halogens is 6. The number of aromatic amines is 1. The largest absolute Gasteiger partial charge is 0.426 e. The fourth-order valence-electron chi connectivity index (χ4n) is 2.03. The van der Waals surface area contributed by atoms with Crippen LogP contribution in [0.1, 0.15) is 5.56 Å². The molecule has 2 aromatic rings. The Morgan fingerprint density at radius 1 is 1.00 bits per heavy atom. The van der Waals surface area contributed by atoms with Gasteiger partial charge in [0.25, 0.3) is 5.60 Å². The first-order chi connectivity index (χ1) is 9.47. The molecule has 1 aromatic carbocycles. The summed E-state index contributed by atoms with van der Waals surface area (Å²) in [5.41, 5.74) is 0.444. The van der Waals surface area contributed by atoms with Crippen molar-refractivity contribution < 1.29 is 31.4 Å². The lowest BCUT2D eigenvalue weighted by Crippen LogP contribution is -2.58. The second kappa shape index (κ2) is 4.55. The Kier molecular flexibility index (Phi) is 3.36. The van der Waals surface area contributed by atoms with Crippen LogP contribution in [0, 0.1) is 0 Å². The van der Waals surface area contributed by atoms with Crippen LogP contribution >= 0.6 is 0 Å². The minimum atomic E-state index is -5.88. The Morgan fingerprint density at radius 3 is 2.05 bits per heavy atom. The van der Waals surface area contributed by atoms with Gasteiger partial charge in [-0.15, -0.1) is 0 Å². The predicted molar refractivity (Wildman–Crippen MR) is 63.5 cm³/mol. The van der Waals surface area contributed by atoms with Crippen LogP contribution in [0.2, 0.25) is 0 Å². The number of benzene rings is 1. The summed E-state index contributed by atoms with van der Waals surface area (Å²) >= 11 is 0. The number of para-hydroxylation sites is 1. The zero-order valence-corrected chi connectivity index (χ0v) is 10.3. The molecule has 2 rings (SSSR count). The van der Waals surface area contributed by atoms with Gasteiger partial charge in [-0.2, -0.15) is 26.3 Å². The molecule has 0 atom stereocenters. The zero-order chi connectivity index (χ0) is 16.1. The molecular formula is C12H10F6N2O. The Balaban J connectivity index is 2.58. The van der Waals surface area contributed by atoms with E-state index in [0.717, 1.165) is 0 Å². The van der Waals surface area contributed by atoms with Crippen molar-refractivity contribution in [3.63, 3.8) is 0 Å². The van der Waals surface area contributed by atoms with Crippen molar-refractivity contribution in [3.8, 4) is 0 Å². The number of alkyl halides is 6. The Labute approximate surface area is 114 Å². The maximum atomic E-state index is 12.7. The molecule has 0 saturated heterocycles. The Hall–Kier alpha value is -1.90. The van der Waals surface area contributed by atoms with Crippen LogP contribution in [0.15, 0.2) is 24.3 Å². The number of anilines is 1. The van der Waals surface area contributed by atoms with E-state index in [1.807, 2.05) is 0 Å². The third-order valence-electron chi connectivity index (χ3n) is 3.22. The van der Waals surface area contributed by atoms with Crippen molar-refractivity contribution in [2.24, 2.45) is 0 Å². The first-order valence-electron chi connectivity index (χ1n) is 5.68. The van der Waals surface area contributed by atoms with Gasteiger partial charge in [0.2, 0.25) is 0 Å². The van der Waals surface area contributed by atoms with Gasteiger partial charge in [-0.1, -0.05) is 18.2 Å². The van der Waals surface area contributed by atoms with Crippen molar-refractivity contribution in [2.75, 3.05) is 5.73 Å². The van der Waals surface area contributed by atoms with Crippen LogP contribution in [0.3, 0.4) is 0 Å². The molecule has 0 spiro atoms. The third kappa shape index (κ3) is 2.41. The van der Waals surface area contributed by atoms with Crippen molar-refractivity contribution in [3.05, 3.63) is 29.8 Å². The van der Waals surface area contributed by atoms with Crippen LogP contribution in [0.5, 0.6) is 0 Å². The summed E-state index contributed by atoms with van der Waals surface area (Å²) in [6, 6.07) is 5.77. The number of rotatable bonds is 2. The summed E-state index contributed by atoms with van der Waals surface area (Å²) in [5, 5.41) is 9.32.